The van der Waals surface area contributed by atoms with E-state index in [4.69, 9.17) is 0 Å². The highest BCUT2D eigenvalue weighted by Gasteiger charge is 2.57. The lowest BCUT2D eigenvalue weighted by Crippen LogP contribution is -2.53. The third-order valence-electron chi connectivity index (χ3n) is 13.4. The zero-order chi connectivity index (χ0) is 25.7. The quantitative estimate of drug-likeness (QED) is 0.293. The topological polar surface area (TPSA) is 0 Å². The molecular formula is C35H60P2. The maximum atomic E-state index is 2.57. The van der Waals surface area contributed by atoms with Crippen LogP contribution in [-0.2, 0) is 0 Å². The van der Waals surface area contributed by atoms with Gasteiger partial charge in [0.25, 0.3) is 0 Å². The summed E-state index contributed by atoms with van der Waals surface area (Å²) in [5.74, 6) is 11.4. The van der Waals surface area contributed by atoms with Crippen LogP contribution in [0.2, 0.25) is 0 Å². The van der Waals surface area contributed by atoms with Gasteiger partial charge in [-0.2, -0.15) is 0 Å². The van der Waals surface area contributed by atoms with E-state index >= 15 is 0 Å². The van der Waals surface area contributed by atoms with Crippen LogP contribution in [0.3, 0.4) is 0 Å². The van der Waals surface area contributed by atoms with Crippen LogP contribution in [0.5, 0.6) is 0 Å². The summed E-state index contributed by atoms with van der Waals surface area (Å²) in [6, 6.07) is 0. The Hall–Kier alpha value is 0.860. The van der Waals surface area contributed by atoms with Gasteiger partial charge in [-0.3, -0.25) is 0 Å². The maximum Gasteiger partial charge on any atom is -0.0149 e. The Morgan fingerprint density at radius 3 is 1.19 bits per heavy atom. The van der Waals surface area contributed by atoms with Crippen molar-refractivity contribution < 1.29 is 0 Å². The molecular weight excluding hydrogens is 482 g/mol. The van der Waals surface area contributed by atoms with Gasteiger partial charge in [0.2, 0.25) is 0 Å². The van der Waals surface area contributed by atoms with Crippen LogP contribution >= 0.6 is 15.8 Å². The molecule has 0 amide bonds. The smallest absolute Gasteiger partial charge is 0.0149 e. The minimum absolute atomic E-state index is 0.0533. The Balaban J connectivity index is 1.16. The molecule has 2 atom stereocenters. The molecule has 0 nitrogen and oxygen atoms in total. The molecule has 2 heteroatoms. The highest BCUT2D eigenvalue weighted by atomic mass is 31.1. The minimum atomic E-state index is 0.0533. The predicted molar refractivity (Wildman–Crippen MR) is 166 cm³/mol. The third-order valence-corrected chi connectivity index (χ3v) is 21.6. The normalized spacial score (nSPS) is 49.4. The molecule has 9 fully saturated rings. The van der Waals surface area contributed by atoms with Crippen LogP contribution in [0, 0.1) is 59.2 Å². The molecule has 9 rings (SSSR count). The van der Waals surface area contributed by atoms with Crippen molar-refractivity contribution in [3.05, 3.63) is 0 Å². The van der Waals surface area contributed by atoms with E-state index in [0.717, 1.165) is 35.5 Å². The summed E-state index contributed by atoms with van der Waals surface area (Å²) in [6.07, 6.45) is 24.6. The number of hydrogen-bond acceptors (Lipinski definition) is 0. The summed E-state index contributed by atoms with van der Waals surface area (Å²) in [5, 5.41) is 0.989. The Labute approximate surface area is 233 Å². The zero-order valence-electron chi connectivity index (χ0n) is 25.4. The van der Waals surface area contributed by atoms with Gasteiger partial charge >= 0.3 is 0 Å². The van der Waals surface area contributed by atoms with Crippen molar-refractivity contribution in [2.24, 2.45) is 59.2 Å². The van der Waals surface area contributed by atoms with Gasteiger partial charge in [-0.25, -0.2) is 0 Å². The summed E-state index contributed by atoms with van der Waals surface area (Å²) >= 11 is 0. The molecule has 0 saturated heterocycles. The lowest BCUT2D eigenvalue weighted by molar-refractivity contribution is 0.0127. The largest absolute Gasteiger partial charge is 0.0989 e. The second-order valence-electron chi connectivity index (χ2n) is 17.9. The average Bonchev–Trinajstić information content (AvgIpc) is 3.21. The lowest BCUT2D eigenvalue weighted by atomic mass is 9.55. The van der Waals surface area contributed by atoms with Crippen molar-refractivity contribution in [3.8, 4) is 0 Å². The maximum absolute atomic E-state index is 2.57. The molecule has 9 aliphatic carbocycles. The third kappa shape index (κ3) is 4.98. The lowest BCUT2D eigenvalue weighted by Gasteiger charge is -2.62. The van der Waals surface area contributed by atoms with Crippen molar-refractivity contribution in [2.75, 3.05) is 12.3 Å². The van der Waals surface area contributed by atoms with E-state index in [9.17, 15) is 0 Å². The van der Waals surface area contributed by atoms with E-state index in [1.165, 1.54) is 35.0 Å². The van der Waals surface area contributed by atoms with Gasteiger partial charge in [-0.05, 0) is 170 Å². The summed E-state index contributed by atoms with van der Waals surface area (Å²) < 4.78 is 0. The van der Waals surface area contributed by atoms with Gasteiger partial charge in [0.05, 0.1) is 0 Å². The molecule has 0 aliphatic heterocycles. The highest BCUT2D eigenvalue weighted by molar-refractivity contribution is 7.61. The van der Waals surface area contributed by atoms with E-state index < -0.39 is 0 Å². The molecule has 210 valence electrons. The average molecular weight is 543 g/mol. The molecule has 0 aromatic carbocycles. The molecule has 8 bridgehead atoms. The Morgan fingerprint density at radius 2 is 0.838 bits per heavy atom. The van der Waals surface area contributed by atoms with Crippen LogP contribution in [0.4, 0.5) is 0 Å². The second-order valence-corrected chi connectivity index (χ2v) is 24.4. The molecule has 9 aliphatic rings. The van der Waals surface area contributed by atoms with Crippen LogP contribution in [0.25, 0.3) is 0 Å². The predicted octanol–water partition coefficient (Wildman–Crippen LogP) is 10.6. The summed E-state index contributed by atoms with van der Waals surface area (Å²) in [4.78, 5) is 0. The van der Waals surface area contributed by atoms with Crippen molar-refractivity contribution in [2.45, 2.75) is 147 Å². The van der Waals surface area contributed by atoms with Crippen LogP contribution in [0.1, 0.15) is 125 Å². The van der Waals surface area contributed by atoms with E-state index in [2.05, 4.69) is 41.5 Å². The fraction of sp³-hybridized carbons (Fsp3) is 1.00. The van der Waals surface area contributed by atoms with Gasteiger partial charge in [-0.15, -0.1) is 0 Å². The van der Waals surface area contributed by atoms with E-state index in [0.29, 0.717) is 10.3 Å². The molecule has 0 heterocycles. The monoisotopic (exact) mass is 542 g/mol. The van der Waals surface area contributed by atoms with Crippen molar-refractivity contribution >= 4 is 15.8 Å². The number of hydrogen-bond donors (Lipinski definition) is 0. The molecule has 0 spiro atoms. The van der Waals surface area contributed by atoms with Crippen LogP contribution in [-0.4, -0.2) is 34.0 Å². The van der Waals surface area contributed by atoms with E-state index in [-0.39, 0.29) is 15.8 Å². The van der Waals surface area contributed by atoms with Crippen molar-refractivity contribution in [3.63, 3.8) is 0 Å². The fourth-order valence-corrected chi connectivity index (χ4v) is 22.1. The van der Waals surface area contributed by atoms with Gasteiger partial charge in [0.1, 0.15) is 0 Å². The molecule has 0 aromatic rings. The highest BCUT2D eigenvalue weighted by Crippen LogP contribution is 2.72. The van der Waals surface area contributed by atoms with Crippen LogP contribution < -0.4 is 0 Å². The Kier molecular flexibility index (Phi) is 7.02. The first-order valence-corrected chi connectivity index (χ1v) is 20.3. The Bertz CT molecular complexity index is 719. The second kappa shape index (κ2) is 9.71. The van der Waals surface area contributed by atoms with Gasteiger partial charge < -0.3 is 0 Å². The minimum Gasteiger partial charge on any atom is -0.0989 e. The molecule has 2 unspecified atom stereocenters. The van der Waals surface area contributed by atoms with Crippen LogP contribution in [0.15, 0.2) is 0 Å². The molecule has 37 heavy (non-hydrogen) atoms. The summed E-state index contributed by atoms with van der Waals surface area (Å²) in [6.45, 7) is 15.4. The zero-order valence-corrected chi connectivity index (χ0v) is 27.2. The molecule has 0 aromatic heterocycles. The summed E-state index contributed by atoms with van der Waals surface area (Å²) in [7, 11) is 0.281. The summed E-state index contributed by atoms with van der Waals surface area (Å²) in [5.41, 5.74) is 2.41. The molecule has 9 saturated carbocycles. The fourth-order valence-electron chi connectivity index (χ4n) is 13.0. The first-order valence-electron chi connectivity index (χ1n) is 17.1. The standard InChI is InChI=1S/C35H60P2/c1-34(2,3)37(35(4,5)6)21-27-9-7-8-26(27)20-36(32-28-12-22-10-23(14-28)15-29(32)13-22)33-30-16-24-11-25(18-30)19-31(33)17-24/h22-33H,7-21H2,1-6H3. The Morgan fingerprint density at radius 1 is 0.486 bits per heavy atom. The number of rotatable bonds is 6. The van der Waals surface area contributed by atoms with Gasteiger partial charge in [-0.1, -0.05) is 63.8 Å². The SMILES string of the molecule is CC(C)(C)P(CC1CCCC1CP(C1C2CC3CC(C2)CC1C3)C1C2CC3CC(C2)CC1C3)C(C)(C)C. The molecule has 0 radical (unpaired) electrons. The van der Waals surface area contributed by atoms with Gasteiger partial charge in [0, 0.05) is 0 Å². The van der Waals surface area contributed by atoms with Crippen molar-refractivity contribution in [1.29, 1.82) is 0 Å². The van der Waals surface area contributed by atoms with E-state index in [1.807, 2.05) is 0 Å². The molecule has 0 N–H and O–H groups in total. The van der Waals surface area contributed by atoms with E-state index in [1.54, 1.807) is 95.8 Å². The first-order chi connectivity index (χ1) is 17.5. The first kappa shape index (κ1) is 26.7. The van der Waals surface area contributed by atoms with Crippen molar-refractivity contribution in [1.82, 2.24) is 0 Å². The van der Waals surface area contributed by atoms with Gasteiger partial charge in [0.15, 0.2) is 0 Å².